The van der Waals surface area contributed by atoms with Gasteiger partial charge in [0.1, 0.15) is 0 Å². The minimum Gasteiger partial charge on any atom is -0.333 e. The lowest BCUT2D eigenvalue weighted by atomic mass is 10.2. The van der Waals surface area contributed by atoms with Crippen LogP contribution in [0, 0.1) is 0 Å². The van der Waals surface area contributed by atoms with Crippen LogP contribution in [-0.2, 0) is 29.5 Å². The summed E-state index contributed by atoms with van der Waals surface area (Å²) in [4.78, 5) is 4.30. The van der Waals surface area contributed by atoms with E-state index in [1.54, 1.807) is 6.33 Å². The summed E-state index contributed by atoms with van der Waals surface area (Å²) in [5, 5.41) is 3.25. The highest BCUT2D eigenvalue weighted by atomic mass is 32.2. The van der Waals surface area contributed by atoms with Gasteiger partial charge in [-0.3, -0.25) is 0 Å². The average molecular weight is 244 g/mol. The maximum atomic E-state index is 10.9. The van der Waals surface area contributed by atoms with Gasteiger partial charge >= 0.3 is 0 Å². The molecular weight excluding hydrogens is 228 g/mol. The van der Waals surface area contributed by atoms with Crippen molar-refractivity contribution in [1.82, 2.24) is 19.6 Å². The maximum Gasteiger partial charge on any atom is 0.208 e. The smallest absolute Gasteiger partial charge is 0.208 e. The topological polar surface area (TPSA) is 76.0 Å². The van der Waals surface area contributed by atoms with Crippen molar-refractivity contribution in [3.05, 3.63) is 17.7 Å². The molecule has 0 bridgehead atoms. The molecule has 0 unspecified atom stereocenters. The van der Waals surface area contributed by atoms with E-state index in [1.165, 1.54) is 11.9 Å². The molecule has 1 aliphatic heterocycles. The summed E-state index contributed by atoms with van der Waals surface area (Å²) < 4.78 is 26.3. The number of nitrogens with one attached hydrogen (secondary N) is 2. The third-order valence-electron chi connectivity index (χ3n) is 2.58. The first kappa shape index (κ1) is 11.6. The summed E-state index contributed by atoms with van der Waals surface area (Å²) in [6, 6.07) is 0. The molecule has 0 spiro atoms. The zero-order chi connectivity index (χ0) is 11.6. The van der Waals surface area contributed by atoms with Crippen LogP contribution in [0.2, 0.25) is 0 Å². The zero-order valence-electron chi connectivity index (χ0n) is 9.23. The van der Waals surface area contributed by atoms with Crippen molar-refractivity contribution >= 4 is 10.0 Å². The van der Waals surface area contributed by atoms with Crippen LogP contribution in [-0.4, -0.2) is 37.3 Å². The van der Waals surface area contributed by atoms with Crippen LogP contribution in [0.4, 0.5) is 0 Å². The first-order valence-corrected chi connectivity index (χ1v) is 7.13. The number of sulfonamides is 1. The second-order valence-electron chi connectivity index (χ2n) is 3.92. The molecular formula is C9H16N4O2S. The van der Waals surface area contributed by atoms with Gasteiger partial charge in [-0.15, -0.1) is 0 Å². The van der Waals surface area contributed by atoms with Crippen LogP contribution >= 0.6 is 0 Å². The molecule has 0 aliphatic carbocycles. The van der Waals surface area contributed by atoms with Gasteiger partial charge in [-0.25, -0.2) is 18.1 Å². The Morgan fingerprint density at radius 1 is 1.62 bits per heavy atom. The van der Waals surface area contributed by atoms with E-state index in [1.807, 2.05) is 4.57 Å². The second-order valence-corrected chi connectivity index (χ2v) is 5.76. The lowest BCUT2D eigenvalue weighted by Crippen LogP contribution is -2.28. The molecule has 90 valence electrons. The van der Waals surface area contributed by atoms with Gasteiger partial charge in [0.15, 0.2) is 0 Å². The molecule has 1 aromatic heterocycles. The van der Waals surface area contributed by atoms with E-state index in [2.05, 4.69) is 15.0 Å². The number of fused-ring (bicyclic) bond motifs is 1. The van der Waals surface area contributed by atoms with Crippen molar-refractivity contribution < 1.29 is 8.42 Å². The fourth-order valence-electron chi connectivity index (χ4n) is 1.84. The van der Waals surface area contributed by atoms with Crippen molar-refractivity contribution in [1.29, 1.82) is 0 Å². The molecule has 0 saturated carbocycles. The lowest BCUT2D eigenvalue weighted by molar-refractivity contribution is 0.564. The predicted molar refractivity (Wildman–Crippen MR) is 60.5 cm³/mol. The highest BCUT2D eigenvalue weighted by Gasteiger charge is 2.14. The summed E-state index contributed by atoms with van der Waals surface area (Å²) in [6.45, 7) is 2.81. The van der Waals surface area contributed by atoms with Crippen LogP contribution < -0.4 is 10.0 Å². The quantitative estimate of drug-likeness (QED) is 0.718. The molecule has 2 rings (SSSR count). The summed E-state index contributed by atoms with van der Waals surface area (Å²) in [5.74, 6) is 0. The Bertz CT molecular complexity index is 466. The molecule has 0 radical (unpaired) electrons. The minimum atomic E-state index is -3.09. The van der Waals surface area contributed by atoms with Crippen molar-refractivity contribution in [2.75, 3.05) is 19.3 Å². The Morgan fingerprint density at radius 2 is 2.44 bits per heavy atom. The first-order chi connectivity index (χ1) is 7.56. The monoisotopic (exact) mass is 244 g/mol. The molecule has 7 heteroatoms. The number of hydrogen-bond acceptors (Lipinski definition) is 4. The molecule has 0 atom stereocenters. The van der Waals surface area contributed by atoms with Gasteiger partial charge in [-0.05, 0) is 0 Å². The van der Waals surface area contributed by atoms with Crippen LogP contribution in [0.5, 0.6) is 0 Å². The van der Waals surface area contributed by atoms with Crippen LogP contribution in [0.1, 0.15) is 11.4 Å². The maximum absolute atomic E-state index is 10.9. The van der Waals surface area contributed by atoms with Gasteiger partial charge in [-0.1, -0.05) is 0 Å². The van der Waals surface area contributed by atoms with E-state index in [9.17, 15) is 8.42 Å². The minimum absolute atomic E-state index is 0.412. The Balaban J connectivity index is 1.97. The van der Waals surface area contributed by atoms with Crippen molar-refractivity contribution in [3.8, 4) is 0 Å². The number of aromatic nitrogens is 2. The highest BCUT2D eigenvalue weighted by Crippen LogP contribution is 2.11. The first-order valence-electron chi connectivity index (χ1n) is 5.24. The number of hydrogen-bond donors (Lipinski definition) is 2. The van der Waals surface area contributed by atoms with E-state index >= 15 is 0 Å². The van der Waals surface area contributed by atoms with Crippen LogP contribution in [0.3, 0.4) is 0 Å². The summed E-state index contributed by atoms with van der Waals surface area (Å²) in [5.41, 5.74) is 2.29. The zero-order valence-corrected chi connectivity index (χ0v) is 10.0. The molecule has 6 nitrogen and oxygen atoms in total. The third kappa shape index (κ3) is 2.81. The van der Waals surface area contributed by atoms with Gasteiger partial charge < -0.3 is 9.88 Å². The van der Waals surface area contributed by atoms with E-state index in [4.69, 9.17) is 0 Å². The Hall–Kier alpha value is -0.920. The SMILES string of the molecule is CS(=O)(=O)NCCn1cnc2c1CCNC2. The molecule has 2 N–H and O–H groups in total. The van der Waals surface area contributed by atoms with E-state index < -0.39 is 10.0 Å². The average Bonchev–Trinajstić information content (AvgIpc) is 2.60. The van der Waals surface area contributed by atoms with Gasteiger partial charge in [0.05, 0.1) is 18.3 Å². The molecule has 1 aliphatic rings. The number of imidazole rings is 1. The van der Waals surface area contributed by atoms with Gasteiger partial charge in [-0.2, -0.15) is 0 Å². The molecule has 1 aromatic rings. The van der Waals surface area contributed by atoms with Crippen molar-refractivity contribution in [2.24, 2.45) is 0 Å². The molecule has 16 heavy (non-hydrogen) atoms. The van der Waals surface area contributed by atoms with Gasteiger partial charge in [0.25, 0.3) is 0 Å². The molecule has 0 saturated heterocycles. The lowest BCUT2D eigenvalue weighted by Gasteiger charge is -2.15. The molecule has 2 heterocycles. The fourth-order valence-corrected chi connectivity index (χ4v) is 2.30. The molecule has 0 amide bonds. The largest absolute Gasteiger partial charge is 0.333 e. The Morgan fingerprint density at radius 3 is 3.19 bits per heavy atom. The Kier molecular flexibility index (Phi) is 3.27. The van der Waals surface area contributed by atoms with Crippen molar-refractivity contribution in [3.63, 3.8) is 0 Å². The highest BCUT2D eigenvalue weighted by molar-refractivity contribution is 7.88. The predicted octanol–water partition coefficient (Wildman–Crippen LogP) is -0.922. The fraction of sp³-hybridized carbons (Fsp3) is 0.667. The molecule has 0 aromatic carbocycles. The van der Waals surface area contributed by atoms with E-state index in [0.29, 0.717) is 13.1 Å². The van der Waals surface area contributed by atoms with Crippen molar-refractivity contribution in [2.45, 2.75) is 19.5 Å². The molecule has 0 fully saturated rings. The Labute approximate surface area is 95.1 Å². The third-order valence-corrected chi connectivity index (χ3v) is 3.31. The number of nitrogens with zero attached hydrogens (tertiary/aromatic N) is 2. The van der Waals surface area contributed by atoms with Gasteiger partial charge in [0, 0.05) is 38.3 Å². The van der Waals surface area contributed by atoms with Crippen LogP contribution in [0.25, 0.3) is 0 Å². The van der Waals surface area contributed by atoms with E-state index in [-0.39, 0.29) is 0 Å². The van der Waals surface area contributed by atoms with Crippen LogP contribution in [0.15, 0.2) is 6.33 Å². The van der Waals surface area contributed by atoms with Gasteiger partial charge in [0.2, 0.25) is 10.0 Å². The normalized spacial score (nSPS) is 16.1. The summed E-state index contributed by atoms with van der Waals surface area (Å²) in [7, 11) is -3.09. The van der Waals surface area contributed by atoms with E-state index in [0.717, 1.165) is 25.2 Å². The standard InChI is InChI=1S/C9H16N4O2S/c1-16(14,15)12-4-5-13-7-11-8-6-10-3-2-9(8)13/h7,10,12H,2-6H2,1H3. The number of rotatable bonds is 4. The second kappa shape index (κ2) is 4.52. The summed E-state index contributed by atoms with van der Waals surface area (Å²) >= 11 is 0. The summed E-state index contributed by atoms with van der Waals surface area (Å²) in [6.07, 6.45) is 3.90.